The fourth-order valence-corrected chi connectivity index (χ4v) is 3.64. The first-order valence-electron chi connectivity index (χ1n) is 9.98. The van der Waals surface area contributed by atoms with Gasteiger partial charge in [0.15, 0.2) is 17.0 Å². The van der Waals surface area contributed by atoms with Gasteiger partial charge in [-0.2, -0.15) is 0 Å². The number of benzene rings is 2. The Morgan fingerprint density at radius 3 is 2.48 bits per heavy atom. The topological polar surface area (TPSA) is 111 Å². The Balaban J connectivity index is 1.39. The van der Waals surface area contributed by atoms with Gasteiger partial charge < -0.3 is 14.5 Å². The highest BCUT2D eigenvalue weighted by Gasteiger charge is 2.23. The SMILES string of the molecule is CC(OC(=O)c1ccccc1NC(=O)c1ccco1)C(=O)Nc1nc(-c2ccccc2)cs1. The van der Waals surface area contributed by atoms with Crippen LogP contribution >= 0.6 is 11.3 Å². The number of hydrogen-bond donors (Lipinski definition) is 2. The molecule has 9 heteroatoms. The number of anilines is 2. The summed E-state index contributed by atoms with van der Waals surface area (Å²) >= 11 is 1.27. The number of carbonyl (C=O) groups is 3. The van der Waals surface area contributed by atoms with Gasteiger partial charge in [-0.05, 0) is 31.2 Å². The van der Waals surface area contributed by atoms with Crippen LogP contribution in [0.2, 0.25) is 0 Å². The van der Waals surface area contributed by atoms with Crippen molar-refractivity contribution in [3.8, 4) is 11.3 Å². The van der Waals surface area contributed by atoms with Gasteiger partial charge in [0, 0.05) is 10.9 Å². The van der Waals surface area contributed by atoms with E-state index in [0.29, 0.717) is 5.13 Å². The van der Waals surface area contributed by atoms with Crippen molar-refractivity contribution in [2.75, 3.05) is 10.6 Å². The molecule has 0 aliphatic rings. The summed E-state index contributed by atoms with van der Waals surface area (Å²) in [6, 6.07) is 19.0. The molecule has 0 saturated heterocycles. The van der Waals surface area contributed by atoms with Crippen LogP contribution in [0.3, 0.4) is 0 Å². The second-order valence-electron chi connectivity index (χ2n) is 6.92. The number of esters is 1. The molecule has 1 unspecified atom stereocenters. The fraction of sp³-hybridized carbons (Fsp3) is 0.0833. The average molecular weight is 461 g/mol. The van der Waals surface area contributed by atoms with Gasteiger partial charge in [0.05, 0.1) is 23.2 Å². The zero-order valence-corrected chi connectivity index (χ0v) is 18.3. The molecule has 4 aromatic rings. The van der Waals surface area contributed by atoms with Crippen LogP contribution < -0.4 is 10.6 Å². The van der Waals surface area contributed by atoms with Crippen LogP contribution in [0.25, 0.3) is 11.3 Å². The lowest BCUT2D eigenvalue weighted by Gasteiger charge is -2.14. The van der Waals surface area contributed by atoms with E-state index in [-0.39, 0.29) is 17.0 Å². The molecule has 0 bridgehead atoms. The molecule has 2 aromatic heterocycles. The van der Waals surface area contributed by atoms with Gasteiger partial charge in [-0.15, -0.1) is 11.3 Å². The Bertz CT molecular complexity index is 1270. The molecule has 8 nitrogen and oxygen atoms in total. The Kier molecular flexibility index (Phi) is 6.61. The first-order chi connectivity index (χ1) is 16.0. The van der Waals surface area contributed by atoms with E-state index < -0.39 is 23.9 Å². The van der Waals surface area contributed by atoms with Crippen molar-refractivity contribution in [1.29, 1.82) is 0 Å². The number of hydrogen-bond acceptors (Lipinski definition) is 7. The first kappa shape index (κ1) is 22.0. The second kappa shape index (κ2) is 9.92. The molecule has 0 radical (unpaired) electrons. The van der Waals surface area contributed by atoms with Gasteiger partial charge in [0.25, 0.3) is 11.8 Å². The summed E-state index contributed by atoms with van der Waals surface area (Å²) in [7, 11) is 0. The van der Waals surface area contributed by atoms with E-state index in [2.05, 4.69) is 15.6 Å². The highest BCUT2D eigenvalue weighted by atomic mass is 32.1. The van der Waals surface area contributed by atoms with E-state index >= 15 is 0 Å². The van der Waals surface area contributed by atoms with Crippen molar-refractivity contribution in [1.82, 2.24) is 4.98 Å². The van der Waals surface area contributed by atoms with Gasteiger partial charge in [-0.3, -0.25) is 14.9 Å². The zero-order chi connectivity index (χ0) is 23.2. The molecule has 2 N–H and O–H groups in total. The molecule has 0 aliphatic carbocycles. The number of nitrogens with zero attached hydrogens (tertiary/aromatic N) is 1. The van der Waals surface area contributed by atoms with Gasteiger partial charge in [0.1, 0.15) is 0 Å². The summed E-state index contributed by atoms with van der Waals surface area (Å²) in [5, 5.41) is 7.50. The number of nitrogens with one attached hydrogen (secondary N) is 2. The van der Waals surface area contributed by atoms with E-state index in [0.717, 1.165) is 11.3 Å². The highest BCUT2D eigenvalue weighted by Crippen LogP contribution is 2.25. The lowest BCUT2D eigenvalue weighted by atomic mass is 10.1. The maximum Gasteiger partial charge on any atom is 0.341 e. The maximum atomic E-state index is 12.7. The van der Waals surface area contributed by atoms with E-state index in [4.69, 9.17) is 9.15 Å². The Hall–Kier alpha value is -4.24. The average Bonchev–Trinajstić information content (AvgIpc) is 3.52. The Morgan fingerprint density at radius 1 is 0.970 bits per heavy atom. The minimum Gasteiger partial charge on any atom is -0.459 e. The largest absolute Gasteiger partial charge is 0.459 e. The monoisotopic (exact) mass is 461 g/mol. The molecule has 2 amide bonds. The van der Waals surface area contributed by atoms with E-state index in [1.54, 1.807) is 24.3 Å². The summed E-state index contributed by atoms with van der Waals surface area (Å²) in [5.74, 6) is -1.68. The zero-order valence-electron chi connectivity index (χ0n) is 17.5. The number of thiazole rings is 1. The predicted octanol–water partition coefficient (Wildman–Crippen LogP) is 4.84. The molecular weight excluding hydrogens is 442 g/mol. The van der Waals surface area contributed by atoms with Crippen molar-refractivity contribution in [2.45, 2.75) is 13.0 Å². The quantitative estimate of drug-likeness (QED) is 0.381. The Labute approximate surface area is 193 Å². The third kappa shape index (κ3) is 5.34. The highest BCUT2D eigenvalue weighted by molar-refractivity contribution is 7.14. The number of rotatable bonds is 7. The fourth-order valence-electron chi connectivity index (χ4n) is 2.92. The van der Waals surface area contributed by atoms with Gasteiger partial charge in [-0.25, -0.2) is 9.78 Å². The van der Waals surface area contributed by atoms with E-state index in [1.165, 1.54) is 36.7 Å². The molecule has 4 rings (SSSR count). The van der Waals surface area contributed by atoms with Crippen molar-refractivity contribution in [3.63, 3.8) is 0 Å². The lowest BCUT2D eigenvalue weighted by molar-refractivity contribution is -0.123. The first-order valence-corrected chi connectivity index (χ1v) is 10.9. The number of furan rings is 1. The summed E-state index contributed by atoms with van der Waals surface area (Å²) in [6.45, 7) is 1.46. The number of amides is 2. The van der Waals surface area contributed by atoms with Crippen LogP contribution in [0, 0.1) is 0 Å². The molecule has 0 aliphatic heterocycles. The molecule has 2 heterocycles. The number of para-hydroxylation sites is 1. The smallest absolute Gasteiger partial charge is 0.341 e. The molecule has 166 valence electrons. The van der Waals surface area contributed by atoms with Crippen LogP contribution in [0.4, 0.5) is 10.8 Å². The minimum absolute atomic E-state index is 0.101. The van der Waals surface area contributed by atoms with Crippen LogP contribution in [-0.2, 0) is 9.53 Å². The third-order valence-corrected chi connectivity index (χ3v) is 5.35. The molecule has 0 fully saturated rings. The standard InChI is InChI=1S/C24H19N3O5S/c1-15(21(28)27-24-26-19(14-33-24)16-8-3-2-4-9-16)32-23(30)17-10-5-6-11-18(17)25-22(29)20-12-7-13-31-20/h2-15H,1H3,(H,25,29)(H,26,27,28). The van der Waals surface area contributed by atoms with E-state index in [9.17, 15) is 14.4 Å². The van der Waals surface area contributed by atoms with Crippen LogP contribution in [0.15, 0.2) is 82.8 Å². The third-order valence-electron chi connectivity index (χ3n) is 4.60. The second-order valence-corrected chi connectivity index (χ2v) is 7.78. The van der Waals surface area contributed by atoms with Crippen LogP contribution in [0.1, 0.15) is 27.8 Å². The van der Waals surface area contributed by atoms with Gasteiger partial charge >= 0.3 is 5.97 Å². The normalized spacial score (nSPS) is 11.4. The summed E-state index contributed by atoms with van der Waals surface area (Å²) in [5.41, 5.74) is 2.02. The van der Waals surface area contributed by atoms with Crippen molar-refractivity contribution < 1.29 is 23.5 Å². The summed E-state index contributed by atoms with van der Waals surface area (Å²) < 4.78 is 10.4. The van der Waals surface area contributed by atoms with Crippen molar-refractivity contribution in [3.05, 3.63) is 89.7 Å². The predicted molar refractivity (Wildman–Crippen MR) is 124 cm³/mol. The van der Waals surface area contributed by atoms with Crippen molar-refractivity contribution in [2.24, 2.45) is 0 Å². The lowest BCUT2D eigenvalue weighted by Crippen LogP contribution is -2.30. The van der Waals surface area contributed by atoms with Crippen molar-refractivity contribution >= 4 is 39.9 Å². The molecule has 33 heavy (non-hydrogen) atoms. The number of aromatic nitrogens is 1. The minimum atomic E-state index is -1.09. The number of carbonyl (C=O) groups excluding carboxylic acids is 3. The van der Waals surface area contributed by atoms with Gasteiger partial charge in [0.2, 0.25) is 0 Å². The molecule has 0 spiro atoms. The van der Waals surface area contributed by atoms with Gasteiger partial charge in [-0.1, -0.05) is 42.5 Å². The molecule has 0 saturated carbocycles. The molecule has 2 aromatic carbocycles. The summed E-state index contributed by atoms with van der Waals surface area (Å²) in [4.78, 5) is 41.9. The van der Waals surface area contributed by atoms with Crippen LogP contribution in [0.5, 0.6) is 0 Å². The number of ether oxygens (including phenoxy) is 1. The molecular formula is C24H19N3O5S. The van der Waals surface area contributed by atoms with Crippen LogP contribution in [-0.4, -0.2) is 28.9 Å². The molecule has 1 atom stereocenters. The van der Waals surface area contributed by atoms with E-state index in [1.807, 2.05) is 35.7 Å². The summed E-state index contributed by atoms with van der Waals surface area (Å²) in [6.07, 6.45) is 0.288. The maximum absolute atomic E-state index is 12.7. The Morgan fingerprint density at radius 2 is 1.73 bits per heavy atom.